The van der Waals surface area contributed by atoms with Gasteiger partial charge in [-0.3, -0.25) is 10.1 Å². The molecule has 0 bridgehead atoms. The van der Waals surface area contributed by atoms with E-state index in [1.807, 2.05) is 11.4 Å². The van der Waals surface area contributed by atoms with Crippen LogP contribution in [0.4, 0.5) is 11.5 Å². The number of pyridine rings is 1. The molecule has 1 N–H and O–H groups in total. The number of nitro groups is 1. The lowest BCUT2D eigenvalue weighted by Crippen LogP contribution is -2.01. The van der Waals surface area contributed by atoms with Crippen LogP contribution in [-0.4, -0.2) is 9.91 Å². The molecule has 0 radical (unpaired) electrons. The van der Waals surface area contributed by atoms with Crippen molar-refractivity contribution in [3.8, 4) is 0 Å². The lowest BCUT2D eigenvalue weighted by atomic mass is 10.4. The van der Waals surface area contributed by atoms with E-state index in [-0.39, 0.29) is 5.69 Å². The zero-order valence-electron chi connectivity index (χ0n) is 8.89. The first-order valence-corrected chi connectivity index (χ1v) is 7.30. The van der Waals surface area contributed by atoms with Crippen LogP contribution in [0.2, 0.25) is 0 Å². The van der Waals surface area contributed by atoms with Gasteiger partial charge in [-0.2, -0.15) is 0 Å². The average Bonchev–Trinajstić information content (AvgIpc) is 2.73. The standard InChI is InChI=1S/C10H7Br2N3O2S/c11-7-1-2-18-9(7)5-14-10-8(12)3-6(4-13-10)15(16)17/h1-4H,5H2,(H,13,14). The van der Waals surface area contributed by atoms with Crippen molar-refractivity contribution in [2.45, 2.75) is 6.54 Å². The smallest absolute Gasteiger partial charge is 0.288 e. The van der Waals surface area contributed by atoms with Crippen LogP contribution in [-0.2, 0) is 6.54 Å². The lowest BCUT2D eigenvalue weighted by Gasteiger charge is -2.06. The maximum Gasteiger partial charge on any atom is 0.288 e. The van der Waals surface area contributed by atoms with Gasteiger partial charge in [-0.15, -0.1) is 11.3 Å². The van der Waals surface area contributed by atoms with E-state index in [9.17, 15) is 10.1 Å². The van der Waals surface area contributed by atoms with Gasteiger partial charge in [-0.05, 0) is 43.3 Å². The molecule has 0 unspecified atom stereocenters. The normalized spacial score (nSPS) is 10.3. The zero-order chi connectivity index (χ0) is 13.1. The Morgan fingerprint density at radius 2 is 2.22 bits per heavy atom. The molecule has 94 valence electrons. The van der Waals surface area contributed by atoms with E-state index in [0.29, 0.717) is 16.8 Å². The van der Waals surface area contributed by atoms with Crippen molar-refractivity contribution in [3.05, 3.63) is 47.6 Å². The fraction of sp³-hybridized carbons (Fsp3) is 0.100. The average molecular weight is 393 g/mol. The Kier molecular flexibility index (Phi) is 4.31. The number of halogens is 2. The Labute approximate surface area is 124 Å². The van der Waals surface area contributed by atoms with E-state index < -0.39 is 4.92 Å². The van der Waals surface area contributed by atoms with Crippen molar-refractivity contribution in [1.82, 2.24) is 4.98 Å². The minimum atomic E-state index is -0.475. The van der Waals surface area contributed by atoms with Crippen LogP contribution < -0.4 is 5.32 Å². The molecule has 0 saturated carbocycles. The SMILES string of the molecule is O=[N+]([O-])c1cnc(NCc2sccc2Br)c(Br)c1. The fourth-order valence-corrected chi connectivity index (χ4v) is 3.18. The van der Waals surface area contributed by atoms with Crippen LogP contribution in [0.1, 0.15) is 4.88 Å². The Hall–Kier alpha value is -0.990. The van der Waals surface area contributed by atoms with Crippen LogP contribution in [0.3, 0.4) is 0 Å². The van der Waals surface area contributed by atoms with Crippen molar-refractivity contribution in [2.24, 2.45) is 0 Å². The van der Waals surface area contributed by atoms with Gasteiger partial charge < -0.3 is 5.32 Å². The second-order valence-electron chi connectivity index (χ2n) is 3.33. The number of nitrogens with one attached hydrogen (secondary N) is 1. The summed E-state index contributed by atoms with van der Waals surface area (Å²) in [6, 6.07) is 3.40. The highest BCUT2D eigenvalue weighted by Crippen LogP contribution is 2.27. The summed E-state index contributed by atoms with van der Waals surface area (Å²) in [4.78, 5) is 15.3. The van der Waals surface area contributed by atoms with Gasteiger partial charge >= 0.3 is 0 Å². The Morgan fingerprint density at radius 1 is 1.44 bits per heavy atom. The molecule has 2 rings (SSSR count). The maximum atomic E-state index is 10.6. The number of thiophene rings is 1. The topological polar surface area (TPSA) is 68.1 Å². The number of nitrogens with zero attached hydrogens (tertiary/aromatic N) is 2. The molecule has 2 aromatic rings. The van der Waals surface area contributed by atoms with Crippen molar-refractivity contribution in [1.29, 1.82) is 0 Å². The summed E-state index contributed by atoms with van der Waals surface area (Å²) < 4.78 is 1.61. The van der Waals surface area contributed by atoms with Gasteiger partial charge in [0, 0.05) is 15.4 Å². The number of aromatic nitrogens is 1. The molecule has 0 aliphatic rings. The Bertz CT molecular complexity index is 588. The number of hydrogen-bond acceptors (Lipinski definition) is 5. The molecule has 0 atom stereocenters. The van der Waals surface area contributed by atoms with E-state index in [0.717, 1.165) is 9.35 Å². The number of hydrogen-bond donors (Lipinski definition) is 1. The maximum absolute atomic E-state index is 10.6. The second kappa shape index (κ2) is 5.77. The van der Waals surface area contributed by atoms with E-state index in [1.54, 1.807) is 11.3 Å². The third kappa shape index (κ3) is 3.06. The van der Waals surface area contributed by atoms with E-state index >= 15 is 0 Å². The lowest BCUT2D eigenvalue weighted by molar-refractivity contribution is -0.385. The molecule has 2 heterocycles. The molecule has 0 aliphatic heterocycles. The minimum absolute atomic E-state index is 0.0373. The number of anilines is 1. The van der Waals surface area contributed by atoms with Gasteiger partial charge in [0.2, 0.25) is 0 Å². The van der Waals surface area contributed by atoms with Crippen LogP contribution in [0, 0.1) is 10.1 Å². The largest absolute Gasteiger partial charge is 0.364 e. The summed E-state index contributed by atoms with van der Waals surface area (Å²) in [5.41, 5.74) is -0.0373. The third-order valence-corrected chi connectivity index (χ3v) is 4.68. The molecule has 0 aromatic carbocycles. The summed E-state index contributed by atoms with van der Waals surface area (Å²) in [6.45, 7) is 0.613. The van der Waals surface area contributed by atoms with E-state index in [1.165, 1.54) is 12.3 Å². The van der Waals surface area contributed by atoms with Gasteiger partial charge in [-0.1, -0.05) is 0 Å². The zero-order valence-corrected chi connectivity index (χ0v) is 12.9. The molecule has 0 spiro atoms. The molecule has 5 nitrogen and oxygen atoms in total. The van der Waals surface area contributed by atoms with Crippen LogP contribution in [0.25, 0.3) is 0 Å². The van der Waals surface area contributed by atoms with E-state index in [2.05, 4.69) is 42.2 Å². The van der Waals surface area contributed by atoms with Gasteiger partial charge in [-0.25, -0.2) is 4.98 Å². The molecule has 2 aromatic heterocycles. The molecule has 8 heteroatoms. The molecule has 18 heavy (non-hydrogen) atoms. The Balaban J connectivity index is 2.11. The predicted octanol–water partition coefficient (Wildman–Crippen LogP) is 4.19. The third-order valence-electron chi connectivity index (χ3n) is 2.15. The second-order valence-corrected chi connectivity index (χ2v) is 6.04. The van der Waals surface area contributed by atoms with Crippen LogP contribution in [0.5, 0.6) is 0 Å². The Morgan fingerprint density at radius 3 is 2.78 bits per heavy atom. The molecule has 0 aliphatic carbocycles. The molecule has 0 fully saturated rings. The van der Waals surface area contributed by atoms with E-state index in [4.69, 9.17) is 0 Å². The minimum Gasteiger partial charge on any atom is -0.364 e. The molecule has 0 amide bonds. The first kappa shape index (κ1) is 13.4. The van der Waals surface area contributed by atoms with Gasteiger partial charge in [0.1, 0.15) is 12.0 Å². The molecular formula is C10H7Br2N3O2S. The quantitative estimate of drug-likeness (QED) is 0.625. The monoisotopic (exact) mass is 391 g/mol. The highest BCUT2D eigenvalue weighted by Gasteiger charge is 2.10. The van der Waals surface area contributed by atoms with Gasteiger partial charge in [0.25, 0.3) is 5.69 Å². The first-order chi connectivity index (χ1) is 8.58. The van der Waals surface area contributed by atoms with Crippen molar-refractivity contribution in [3.63, 3.8) is 0 Å². The summed E-state index contributed by atoms with van der Waals surface area (Å²) in [5.74, 6) is 0.584. The summed E-state index contributed by atoms with van der Waals surface area (Å²) in [6.07, 6.45) is 1.23. The summed E-state index contributed by atoms with van der Waals surface area (Å²) >= 11 is 8.32. The summed E-state index contributed by atoms with van der Waals surface area (Å²) in [7, 11) is 0. The van der Waals surface area contributed by atoms with Gasteiger partial charge in [0.15, 0.2) is 0 Å². The van der Waals surface area contributed by atoms with Crippen molar-refractivity contribution >= 4 is 54.7 Å². The van der Waals surface area contributed by atoms with Crippen LogP contribution >= 0.6 is 43.2 Å². The highest BCUT2D eigenvalue weighted by molar-refractivity contribution is 9.11. The van der Waals surface area contributed by atoms with Crippen molar-refractivity contribution < 1.29 is 4.92 Å². The van der Waals surface area contributed by atoms with Crippen LogP contribution in [0.15, 0.2) is 32.7 Å². The summed E-state index contributed by atoms with van der Waals surface area (Å²) in [5, 5.41) is 15.7. The van der Waals surface area contributed by atoms with Gasteiger partial charge in [0.05, 0.1) is 15.9 Å². The van der Waals surface area contributed by atoms with Crippen molar-refractivity contribution in [2.75, 3.05) is 5.32 Å². The first-order valence-electron chi connectivity index (χ1n) is 4.83. The highest BCUT2D eigenvalue weighted by atomic mass is 79.9. The molecule has 0 saturated heterocycles. The number of rotatable bonds is 4. The predicted molar refractivity (Wildman–Crippen MR) is 77.9 cm³/mol. The fourth-order valence-electron chi connectivity index (χ4n) is 1.27. The molecular weight excluding hydrogens is 386 g/mol.